The Hall–Kier alpha value is -5.98. The number of hydrogen-bond donors (Lipinski definition) is 6. The van der Waals surface area contributed by atoms with E-state index in [1.54, 1.807) is 18.3 Å². The van der Waals surface area contributed by atoms with Crippen LogP contribution in [0.25, 0.3) is 23.3 Å². The molecule has 0 radical (unpaired) electrons. The number of alkyl halides is 2. The zero-order valence-corrected chi connectivity index (χ0v) is 34.1. The second-order valence-electron chi connectivity index (χ2n) is 11.0. The number of carbonyl (C=O) groups is 4. The van der Waals surface area contributed by atoms with Crippen molar-refractivity contribution in [3.63, 3.8) is 0 Å². The van der Waals surface area contributed by atoms with E-state index in [4.69, 9.17) is 0 Å². The number of aldehydes is 1. The van der Waals surface area contributed by atoms with E-state index in [0.29, 0.717) is 23.3 Å². The van der Waals surface area contributed by atoms with Crippen molar-refractivity contribution >= 4 is 96.2 Å². The summed E-state index contributed by atoms with van der Waals surface area (Å²) >= 11 is 5.88. The quantitative estimate of drug-likeness (QED) is 0.0595. The lowest BCUT2D eigenvalue weighted by molar-refractivity contribution is -0.115. The number of aromatic nitrogens is 3. The number of H-pyrrole nitrogens is 3. The third-order valence-electron chi connectivity index (χ3n) is 7.66. The van der Waals surface area contributed by atoms with Crippen molar-refractivity contribution < 1.29 is 19.2 Å². The summed E-state index contributed by atoms with van der Waals surface area (Å²) in [5.74, 6) is 3.63. The highest BCUT2D eigenvalue weighted by atomic mass is 79.9. The first-order valence-corrected chi connectivity index (χ1v) is 20.4. The lowest BCUT2D eigenvalue weighted by Crippen LogP contribution is -2.03. The van der Waals surface area contributed by atoms with Crippen molar-refractivity contribution in [2.75, 3.05) is 27.6 Å². The van der Waals surface area contributed by atoms with Crippen molar-refractivity contribution in [3.8, 4) is 0 Å². The van der Waals surface area contributed by atoms with Crippen molar-refractivity contribution in [1.82, 2.24) is 15.0 Å². The number of halogens is 2. The van der Waals surface area contributed by atoms with Gasteiger partial charge in [-0.3, -0.25) is 19.2 Å². The van der Waals surface area contributed by atoms with E-state index in [9.17, 15) is 19.2 Å². The summed E-state index contributed by atoms with van der Waals surface area (Å²) in [4.78, 5) is 53.0. The number of fused-ring (bicyclic) bond motifs is 3. The van der Waals surface area contributed by atoms with Crippen LogP contribution in [-0.2, 0) is 20.8 Å². The van der Waals surface area contributed by atoms with Crippen LogP contribution in [0.1, 0.15) is 59.8 Å². The fraction of sp³-hybridized carbons (Fsp3) is 0.136. The van der Waals surface area contributed by atoms with E-state index in [2.05, 4.69) is 62.8 Å². The minimum absolute atomic E-state index is 0. The van der Waals surface area contributed by atoms with E-state index in [-0.39, 0.29) is 25.1 Å². The van der Waals surface area contributed by atoms with Gasteiger partial charge in [-0.05, 0) is 84.0 Å². The summed E-state index contributed by atoms with van der Waals surface area (Å²) in [7, 11) is 0. The van der Waals surface area contributed by atoms with Gasteiger partial charge < -0.3 is 30.9 Å². The lowest BCUT2D eigenvalue weighted by Gasteiger charge is -1.95. The average Bonchev–Trinajstić information content (AvgIpc) is 4.10. The number of amides is 3. The molecule has 6 N–H and O–H groups in total. The zero-order chi connectivity index (χ0) is 40.0. The van der Waals surface area contributed by atoms with Crippen LogP contribution in [0.2, 0.25) is 0 Å². The highest BCUT2D eigenvalue weighted by molar-refractivity contribution is 9.09. The molecule has 9 rings (SSSR count). The summed E-state index contributed by atoms with van der Waals surface area (Å²) in [6, 6.07) is 34.3. The molecule has 3 amide bonds. The molecule has 0 unspecified atom stereocenters. The van der Waals surface area contributed by atoms with Gasteiger partial charge in [0.05, 0.1) is 23.3 Å². The normalized spacial score (nSPS) is 13.3. The standard InChI is InChI=1S/2C13H10N2O.C8H7NO.C5H5NO.C2H6.2CH3Br.CH4/c2*16-13-11(8-9-4-3-7-14-9)10-5-1-2-6-12(10)15-13;10-8-5-6-3-1-2-4-7(6)9-8;7-4-5-2-1-3-6-5;3*1-2;/h2*1-8,14H,(H,15,16);1-4H,5H2,(H,9,10);1-4,6H;1-2H3;2*1H3;1H4. The van der Waals surface area contributed by atoms with Crippen LogP contribution in [0.3, 0.4) is 0 Å². The van der Waals surface area contributed by atoms with Crippen molar-refractivity contribution in [1.29, 1.82) is 0 Å². The molecule has 0 spiro atoms. The number of aromatic amines is 3. The number of carbonyl (C=O) groups excluding carboxylic acids is 4. The van der Waals surface area contributed by atoms with Crippen LogP contribution < -0.4 is 16.0 Å². The smallest absolute Gasteiger partial charge is 0.256 e. The maximum Gasteiger partial charge on any atom is 0.256 e. The maximum atomic E-state index is 11.8. The number of benzene rings is 3. The van der Waals surface area contributed by atoms with Crippen molar-refractivity contribution in [2.45, 2.75) is 27.7 Å². The molecule has 0 saturated heterocycles. The largest absolute Gasteiger partial charge is 0.362 e. The zero-order valence-electron chi connectivity index (χ0n) is 31.0. The van der Waals surface area contributed by atoms with Crippen LogP contribution in [-0.4, -0.2) is 50.6 Å². The molecule has 3 aliphatic rings. The van der Waals surface area contributed by atoms with Crippen molar-refractivity contribution in [2.24, 2.45) is 0 Å². The molecule has 10 nitrogen and oxygen atoms in total. The van der Waals surface area contributed by atoms with Crippen LogP contribution in [0, 0.1) is 0 Å². The first-order chi connectivity index (χ1) is 27.0. The molecular weight excluding hydrogens is 836 g/mol. The monoisotopic (exact) mass is 882 g/mol. The Balaban J connectivity index is 0.000000254. The van der Waals surface area contributed by atoms with E-state index in [1.165, 1.54) is 0 Å². The molecule has 292 valence electrons. The van der Waals surface area contributed by atoms with Gasteiger partial charge in [0.25, 0.3) is 11.8 Å². The van der Waals surface area contributed by atoms with Crippen LogP contribution in [0.15, 0.2) is 128 Å². The minimum atomic E-state index is -0.0456. The third-order valence-corrected chi connectivity index (χ3v) is 7.66. The van der Waals surface area contributed by atoms with Gasteiger partial charge in [0, 0.05) is 58.2 Å². The number of para-hydroxylation sites is 3. The Labute approximate surface area is 345 Å². The highest BCUT2D eigenvalue weighted by Crippen LogP contribution is 2.33. The second kappa shape index (κ2) is 25.2. The van der Waals surface area contributed by atoms with Gasteiger partial charge in [-0.25, -0.2) is 0 Å². The molecule has 3 aromatic heterocycles. The maximum absolute atomic E-state index is 11.8. The van der Waals surface area contributed by atoms with Gasteiger partial charge in [0.1, 0.15) is 0 Å². The molecule has 0 saturated carbocycles. The summed E-state index contributed by atoms with van der Waals surface area (Å²) in [5.41, 5.74) is 9.65. The van der Waals surface area contributed by atoms with Gasteiger partial charge >= 0.3 is 0 Å². The SMILES string of the molecule is C.CBr.CBr.CC.O=C1Cc2ccccc2N1.O=C1Nc2ccccc2C1=Cc1ccc[nH]1.O=C1Nc2ccccc2C1=Cc1ccc[nH]1.O=Cc1ccc[nH]1. The molecule has 0 aliphatic carbocycles. The summed E-state index contributed by atoms with van der Waals surface area (Å²) in [5, 5.41) is 8.44. The Bertz CT molecular complexity index is 2020. The van der Waals surface area contributed by atoms with Gasteiger partial charge in [-0.15, -0.1) is 0 Å². The van der Waals surface area contributed by atoms with Crippen LogP contribution >= 0.6 is 31.9 Å². The number of nitrogens with one attached hydrogen (secondary N) is 6. The Morgan fingerprint density at radius 3 is 1.27 bits per heavy atom. The third kappa shape index (κ3) is 13.1. The minimum Gasteiger partial charge on any atom is -0.362 e. The van der Waals surface area contributed by atoms with Crippen molar-refractivity contribution in [3.05, 3.63) is 162 Å². The molecule has 3 aliphatic heterocycles. The average molecular weight is 885 g/mol. The number of hydrogen-bond acceptors (Lipinski definition) is 4. The van der Waals surface area contributed by atoms with Gasteiger partial charge in [-0.2, -0.15) is 0 Å². The molecule has 0 bridgehead atoms. The Morgan fingerprint density at radius 2 is 0.893 bits per heavy atom. The Morgan fingerprint density at radius 1 is 0.500 bits per heavy atom. The first-order valence-electron chi connectivity index (χ1n) is 17.2. The van der Waals surface area contributed by atoms with Crippen LogP contribution in [0.4, 0.5) is 17.1 Å². The molecular formula is C44H48Br2N6O4. The topological polar surface area (TPSA) is 152 Å². The predicted molar refractivity (Wildman–Crippen MR) is 240 cm³/mol. The lowest BCUT2D eigenvalue weighted by atomic mass is 10.1. The van der Waals surface area contributed by atoms with E-state index in [1.807, 2.05) is 147 Å². The number of rotatable bonds is 3. The molecule has 56 heavy (non-hydrogen) atoms. The Kier molecular flexibility index (Phi) is 20.8. The molecule has 6 aromatic rings. The second-order valence-corrected chi connectivity index (χ2v) is 11.0. The van der Waals surface area contributed by atoms with E-state index < -0.39 is 0 Å². The molecule has 6 heterocycles. The van der Waals surface area contributed by atoms with Crippen LogP contribution in [0.5, 0.6) is 0 Å². The summed E-state index contributed by atoms with van der Waals surface area (Å²) < 4.78 is 0. The van der Waals surface area contributed by atoms with Gasteiger partial charge in [0.15, 0.2) is 6.29 Å². The first kappa shape index (κ1) is 46.2. The van der Waals surface area contributed by atoms with Gasteiger partial charge in [0.2, 0.25) is 5.91 Å². The molecule has 12 heteroatoms. The molecule has 0 atom stereocenters. The van der Waals surface area contributed by atoms with E-state index in [0.717, 1.165) is 51.4 Å². The highest BCUT2D eigenvalue weighted by Gasteiger charge is 2.24. The summed E-state index contributed by atoms with van der Waals surface area (Å²) in [6.07, 6.45) is 10.4. The van der Waals surface area contributed by atoms with Gasteiger partial charge in [-0.1, -0.05) is 108 Å². The fourth-order valence-corrected chi connectivity index (χ4v) is 5.32. The number of anilines is 3. The van der Waals surface area contributed by atoms with E-state index >= 15 is 0 Å². The fourth-order valence-electron chi connectivity index (χ4n) is 5.32. The summed E-state index contributed by atoms with van der Waals surface area (Å²) in [6.45, 7) is 4.00. The molecule has 3 aromatic carbocycles. The molecule has 0 fully saturated rings. The predicted octanol–water partition coefficient (Wildman–Crippen LogP) is 10.7.